The molecule has 4 rings (SSSR count). The number of fused-ring (bicyclic) bond motifs is 2. The first-order valence-electron chi connectivity index (χ1n) is 10.3. The quantitative estimate of drug-likeness (QED) is 0.787. The molecule has 2 fully saturated rings. The van der Waals surface area contributed by atoms with Gasteiger partial charge in [-0.3, -0.25) is 9.69 Å². The highest BCUT2D eigenvalue weighted by Crippen LogP contribution is 2.47. The van der Waals surface area contributed by atoms with Crippen LogP contribution >= 0.6 is 0 Å². The zero-order valence-corrected chi connectivity index (χ0v) is 16.8. The SMILES string of the molecule is CC(C(N)=O)N1CCC2(CCc3c(NCC4CC4)nc(N(C)C)nc32)CC1. The fraction of sp³-hybridized carbons (Fsp3) is 0.750. The van der Waals surface area contributed by atoms with E-state index in [0.29, 0.717) is 0 Å². The lowest BCUT2D eigenvalue weighted by Gasteiger charge is -2.41. The van der Waals surface area contributed by atoms with Crippen molar-refractivity contribution in [3.05, 3.63) is 11.3 Å². The van der Waals surface area contributed by atoms with Crippen LogP contribution in [-0.4, -0.2) is 60.5 Å². The molecule has 1 aliphatic heterocycles. The van der Waals surface area contributed by atoms with Crippen LogP contribution in [0.4, 0.5) is 11.8 Å². The maximum absolute atomic E-state index is 11.6. The number of nitrogens with two attached hydrogens (primary N) is 1. The van der Waals surface area contributed by atoms with Gasteiger partial charge in [-0.2, -0.15) is 4.98 Å². The van der Waals surface area contributed by atoms with E-state index in [-0.39, 0.29) is 17.4 Å². The summed E-state index contributed by atoms with van der Waals surface area (Å²) in [7, 11) is 4.01. The van der Waals surface area contributed by atoms with Crippen LogP contribution < -0.4 is 16.0 Å². The number of amides is 1. The first-order chi connectivity index (χ1) is 12.9. The van der Waals surface area contributed by atoms with Gasteiger partial charge in [0.15, 0.2) is 0 Å². The first kappa shape index (κ1) is 18.5. The lowest BCUT2D eigenvalue weighted by molar-refractivity contribution is -0.123. The van der Waals surface area contributed by atoms with Crippen molar-refractivity contribution < 1.29 is 4.79 Å². The number of anilines is 2. The molecule has 1 spiro atoms. The molecule has 0 bridgehead atoms. The van der Waals surface area contributed by atoms with Crippen molar-refractivity contribution in [1.29, 1.82) is 0 Å². The van der Waals surface area contributed by atoms with E-state index >= 15 is 0 Å². The van der Waals surface area contributed by atoms with Crippen LogP contribution in [0.15, 0.2) is 0 Å². The van der Waals surface area contributed by atoms with E-state index in [0.717, 1.165) is 63.0 Å². The van der Waals surface area contributed by atoms with Gasteiger partial charge in [-0.25, -0.2) is 4.98 Å². The van der Waals surface area contributed by atoms with Crippen LogP contribution in [-0.2, 0) is 16.6 Å². The molecule has 3 N–H and O–H groups in total. The van der Waals surface area contributed by atoms with E-state index in [9.17, 15) is 4.79 Å². The molecule has 1 aromatic heterocycles. The van der Waals surface area contributed by atoms with Gasteiger partial charge in [0, 0.05) is 31.6 Å². The lowest BCUT2D eigenvalue weighted by Crippen LogP contribution is -2.50. The molecular weight excluding hydrogens is 340 g/mol. The van der Waals surface area contributed by atoms with Crippen LogP contribution in [0, 0.1) is 5.92 Å². The Morgan fingerprint density at radius 2 is 2.00 bits per heavy atom. The monoisotopic (exact) mass is 372 g/mol. The maximum atomic E-state index is 11.6. The number of likely N-dealkylation sites (tertiary alicyclic amines) is 1. The summed E-state index contributed by atoms with van der Waals surface area (Å²) in [5.41, 5.74) is 8.19. The van der Waals surface area contributed by atoms with Crippen LogP contribution in [0.5, 0.6) is 0 Å². The van der Waals surface area contributed by atoms with Crippen molar-refractivity contribution >= 4 is 17.7 Å². The molecule has 1 unspecified atom stereocenters. The van der Waals surface area contributed by atoms with E-state index in [1.165, 1.54) is 24.1 Å². The molecule has 1 saturated carbocycles. The molecule has 0 radical (unpaired) electrons. The number of aromatic nitrogens is 2. The van der Waals surface area contributed by atoms with Crippen LogP contribution in [0.25, 0.3) is 0 Å². The molecule has 27 heavy (non-hydrogen) atoms. The van der Waals surface area contributed by atoms with Crippen LogP contribution in [0.3, 0.4) is 0 Å². The third-order valence-electron chi connectivity index (χ3n) is 6.72. The minimum Gasteiger partial charge on any atom is -0.369 e. The predicted molar refractivity (Wildman–Crippen MR) is 107 cm³/mol. The Morgan fingerprint density at radius 1 is 1.30 bits per heavy atom. The number of carbonyl (C=O) groups excluding carboxylic acids is 1. The number of nitrogens with zero attached hydrogens (tertiary/aromatic N) is 4. The third kappa shape index (κ3) is 3.49. The van der Waals surface area contributed by atoms with Crippen molar-refractivity contribution in [2.24, 2.45) is 11.7 Å². The van der Waals surface area contributed by atoms with Gasteiger partial charge in [0.1, 0.15) is 5.82 Å². The Bertz CT molecular complexity index is 721. The summed E-state index contributed by atoms with van der Waals surface area (Å²) < 4.78 is 0. The van der Waals surface area contributed by atoms with E-state index in [2.05, 4.69) is 10.2 Å². The molecule has 7 nitrogen and oxygen atoms in total. The van der Waals surface area contributed by atoms with Gasteiger partial charge < -0.3 is 16.0 Å². The van der Waals surface area contributed by atoms with Crippen molar-refractivity contribution in [2.75, 3.05) is 43.9 Å². The fourth-order valence-corrected chi connectivity index (χ4v) is 4.55. The van der Waals surface area contributed by atoms with Gasteiger partial charge in [0.2, 0.25) is 11.9 Å². The Labute approximate surface area is 161 Å². The number of rotatable bonds is 6. The topological polar surface area (TPSA) is 87.4 Å². The minimum absolute atomic E-state index is 0.118. The van der Waals surface area contributed by atoms with Gasteiger partial charge in [0.25, 0.3) is 0 Å². The van der Waals surface area contributed by atoms with E-state index in [1.807, 2.05) is 25.9 Å². The standard InChI is InChI=1S/C20H32N6O/c1-13(17(21)27)26-10-8-20(9-11-26)7-6-15-16(20)23-19(25(2)3)24-18(15)22-12-14-4-5-14/h13-14H,4-12H2,1-3H3,(H2,21,27)(H,22,23,24). The van der Waals surface area contributed by atoms with Crippen LogP contribution in [0.1, 0.15) is 50.3 Å². The summed E-state index contributed by atoms with van der Waals surface area (Å²) in [6, 6.07) is -0.193. The average molecular weight is 373 g/mol. The van der Waals surface area contributed by atoms with Gasteiger partial charge in [-0.15, -0.1) is 0 Å². The van der Waals surface area contributed by atoms with Crippen molar-refractivity contribution in [3.63, 3.8) is 0 Å². The zero-order valence-electron chi connectivity index (χ0n) is 16.8. The van der Waals surface area contributed by atoms with E-state index in [4.69, 9.17) is 15.7 Å². The molecule has 2 heterocycles. The molecule has 148 valence electrons. The third-order valence-corrected chi connectivity index (χ3v) is 6.72. The Balaban J connectivity index is 1.59. The molecule has 1 aromatic rings. The molecule has 3 aliphatic rings. The van der Waals surface area contributed by atoms with Crippen LogP contribution in [0.2, 0.25) is 0 Å². The average Bonchev–Trinajstić information content (AvgIpc) is 3.42. The summed E-state index contributed by atoms with van der Waals surface area (Å²) in [6.45, 7) is 4.73. The maximum Gasteiger partial charge on any atom is 0.234 e. The molecule has 1 saturated heterocycles. The number of carbonyl (C=O) groups is 1. The molecule has 0 aromatic carbocycles. The van der Waals surface area contributed by atoms with Crippen molar-refractivity contribution in [3.8, 4) is 0 Å². The Morgan fingerprint density at radius 3 is 2.59 bits per heavy atom. The van der Waals surface area contributed by atoms with Gasteiger partial charge in [0.05, 0.1) is 11.7 Å². The number of hydrogen-bond acceptors (Lipinski definition) is 6. The second kappa shape index (κ2) is 6.93. The summed E-state index contributed by atoms with van der Waals surface area (Å²) in [6.07, 6.45) is 6.90. The summed E-state index contributed by atoms with van der Waals surface area (Å²) in [4.78, 5) is 25.6. The fourth-order valence-electron chi connectivity index (χ4n) is 4.55. The van der Waals surface area contributed by atoms with Gasteiger partial charge >= 0.3 is 0 Å². The second-order valence-electron chi connectivity index (χ2n) is 8.81. The molecule has 7 heteroatoms. The number of nitrogens with one attached hydrogen (secondary N) is 1. The Kier molecular flexibility index (Phi) is 4.74. The highest BCUT2D eigenvalue weighted by Gasteiger charge is 2.45. The predicted octanol–water partition coefficient (Wildman–Crippen LogP) is 1.52. The van der Waals surface area contributed by atoms with E-state index in [1.54, 1.807) is 0 Å². The molecule has 2 aliphatic carbocycles. The Hall–Kier alpha value is -1.89. The summed E-state index contributed by atoms with van der Waals surface area (Å²) in [5.74, 6) is 2.41. The second-order valence-corrected chi connectivity index (χ2v) is 8.81. The normalized spacial score (nSPS) is 22.5. The summed E-state index contributed by atoms with van der Waals surface area (Å²) >= 11 is 0. The number of primary amides is 1. The number of hydrogen-bond donors (Lipinski definition) is 2. The highest BCUT2D eigenvalue weighted by molar-refractivity contribution is 5.79. The number of piperidine rings is 1. The minimum atomic E-state index is -0.235. The van der Waals surface area contributed by atoms with Gasteiger partial charge in [-0.1, -0.05) is 0 Å². The largest absolute Gasteiger partial charge is 0.369 e. The zero-order chi connectivity index (χ0) is 19.2. The molecule has 1 atom stereocenters. The van der Waals surface area contributed by atoms with Crippen molar-refractivity contribution in [2.45, 2.75) is 56.9 Å². The van der Waals surface area contributed by atoms with Gasteiger partial charge in [-0.05, 0) is 64.5 Å². The molecular formula is C20H32N6O. The first-order valence-corrected chi connectivity index (χ1v) is 10.3. The molecule has 1 amide bonds. The van der Waals surface area contributed by atoms with Crippen molar-refractivity contribution in [1.82, 2.24) is 14.9 Å². The van der Waals surface area contributed by atoms with E-state index < -0.39 is 0 Å². The summed E-state index contributed by atoms with van der Waals surface area (Å²) in [5, 5.41) is 3.62. The lowest BCUT2D eigenvalue weighted by atomic mass is 9.76. The smallest absolute Gasteiger partial charge is 0.234 e. The highest BCUT2D eigenvalue weighted by atomic mass is 16.1.